The number of nitro groups is 1. The second-order valence-electron chi connectivity index (χ2n) is 3.88. The van der Waals surface area contributed by atoms with Gasteiger partial charge in [0.1, 0.15) is 10.8 Å². The number of thioether (sulfide) groups is 1. The largest absolute Gasteiger partial charge is 0.381 e. The maximum absolute atomic E-state index is 10.8. The van der Waals surface area contributed by atoms with E-state index in [0.29, 0.717) is 16.1 Å². The van der Waals surface area contributed by atoms with Crippen molar-refractivity contribution < 1.29 is 9.66 Å². The van der Waals surface area contributed by atoms with Crippen LogP contribution in [0.3, 0.4) is 0 Å². The van der Waals surface area contributed by atoms with Crippen molar-refractivity contribution in [3.63, 3.8) is 0 Å². The number of hydrazine groups is 1. The molecule has 0 aliphatic carbocycles. The standard InChI is InChI=1S/C10H14N4O3S/c11-13-9-5-7(14(15)16)6-10(12-9)18-8-1-3-17-4-2-8/h5-6,8H,1-4,11H2,(H,12,13). The van der Waals surface area contributed by atoms with E-state index in [1.165, 1.54) is 23.9 Å². The van der Waals surface area contributed by atoms with E-state index in [2.05, 4.69) is 10.4 Å². The quantitative estimate of drug-likeness (QED) is 0.486. The molecule has 0 radical (unpaired) electrons. The number of rotatable bonds is 4. The fraction of sp³-hybridized carbons (Fsp3) is 0.500. The van der Waals surface area contributed by atoms with Crippen molar-refractivity contribution in [1.29, 1.82) is 0 Å². The minimum Gasteiger partial charge on any atom is -0.381 e. The summed E-state index contributed by atoms with van der Waals surface area (Å²) in [6, 6.07) is 2.79. The smallest absolute Gasteiger partial charge is 0.275 e. The van der Waals surface area contributed by atoms with Gasteiger partial charge in [-0.2, -0.15) is 0 Å². The topological polar surface area (TPSA) is 103 Å². The van der Waals surface area contributed by atoms with Crippen molar-refractivity contribution in [2.24, 2.45) is 5.84 Å². The Bertz CT molecular complexity index is 437. The van der Waals surface area contributed by atoms with E-state index >= 15 is 0 Å². The number of nitrogens with zero attached hydrogens (tertiary/aromatic N) is 2. The third-order valence-electron chi connectivity index (χ3n) is 2.60. The summed E-state index contributed by atoms with van der Waals surface area (Å²) in [6.45, 7) is 1.46. The zero-order valence-corrected chi connectivity index (χ0v) is 10.5. The molecule has 0 spiro atoms. The lowest BCUT2D eigenvalue weighted by molar-refractivity contribution is -0.385. The third-order valence-corrected chi connectivity index (χ3v) is 3.86. The lowest BCUT2D eigenvalue weighted by atomic mass is 10.2. The number of anilines is 1. The van der Waals surface area contributed by atoms with Gasteiger partial charge in [0.05, 0.1) is 11.0 Å². The van der Waals surface area contributed by atoms with Gasteiger partial charge in [0.25, 0.3) is 5.69 Å². The van der Waals surface area contributed by atoms with Gasteiger partial charge in [-0.25, -0.2) is 10.8 Å². The fourth-order valence-electron chi connectivity index (χ4n) is 1.70. The Labute approximate surface area is 108 Å². The van der Waals surface area contributed by atoms with Crippen LogP contribution in [0.25, 0.3) is 0 Å². The normalized spacial score (nSPS) is 16.5. The highest BCUT2D eigenvalue weighted by molar-refractivity contribution is 7.99. The summed E-state index contributed by atoms with van der Waals surface area (Å²) in [6.07, 6.45) is 1.86. The van der Waals surface area contributed by atoms with Crippen LogP contribution in [0.5, 0.6) is 0 Å². The highest BCUT2D eigenvalue weighted by Crippen LogP contribution is 2.31. The molecule has 0 atom stereocenters. The molecular weight excluding hydrogens is 256 g/mol. The van der Waals surface area contributed by atoms with E-state index in [9.17, 15) is 10.1 Å². The number of nitrogens with two attached hydrogens (primary N) is 1. The molecular formula is C10H14N4O3S. The maximum atomic E-state index is 10.8. The van der Waals surface area contributed by atoms with E-state index < -0.39 is 4.92 Å². The maximum Gasteiger partial charge on any atom is 0.275 e. The Hall–Kier alpha value is -1.38. The molecule has 0 amide bonds. The van der Waals surface area contributed by atoms with Gasteiger partial charge in [-0.3, -0.25) is 10.1 Å². The van der Waals surface area contributed by atoms with Crippen LogP contribution in [0.2, 0.25) is 0 Å². The first-order valence-corrected chi connectivity index (χ1v) is 6.44. The first kappa shape index (κ1) is 13.1. The van der Waals surface area contributed by atoms with E-state index in [1.807, 2.05) is 0 Å². The van der Waals surface area contributed by atoms with Crippen molar-refractivity contribution in [2.75, 3.05) is 18.6 Å². The SMILES string of the molecule is NNc1cc([N+](=O)[O-])cc(SC2CCOCC2)n1. The lowest BCUT2D eigenvalue weighted by Crippen LogP contribution is -2.17. The minimum absolute atomic E-state index is 0.00694. The fourth-order valence-corrected chi connectivity index (χ4v) is 2.81. The summed E-state index contributed by atoms with van der Waals surface area (Å²) in [7, 11) is 0. The van der Waals surface area contributed by atoms with Crippen LogP contribution in [0, 0.1) is 10.1 Å². The first-order chi connectivity index (χ1) is 8.69. The summed E-state index contributed by atoms with van der Waals surface area (Å²) in [4.78, 5) is 14.6. The number of nitrogen functional groups attached to an aromatic ring is 1. The van der Waals surface area contributed by atoms with Crippen LogP contribution in [-0.4, -0.2) is 28.4 Å². The molecule has 1 aromatic rings. The predicted molar refractivity (Wildman–Crippen MR) is 68.4 cm³/mol. The van der Waals surface area contributed by atoms with Gasteiger partial charge in [-0.15, -0.1) is 11.8 Å². The predicted octanol–water partition coefficient (Wildman–Crippen LogP) is 1.55. The van der Waals surface area contributed by atoms with Crippen molar-refractivity contribution >= 4 is 23.3 Å². The van der Waals surface area contributed by atoms with Gasteiger partial charge in [0.2, 0.25) is 0 Å². The molecule has 1 fully saturated rings. The summed E-state index contributed by atoms with van der Waals surface area (Å²) >= 11 is 1.53. The monoisotopic (exact) mass is 270 g/mol. The Morgan fingerprint density at radius 2 is 2.22 bits per heavy atom. The lowest BCUT2D eigenvalue weighted by Gasteiger charge is -2.20. The summed E-state index contributed by atoms with van der Waals surface area (Å²) in [5, 5.41) is 11.8. The van der Waals surface area contributed by atoms with Crippen LogP contribution >= 0.6 is 11.8 Å². The first-order valence-electron chi connectivity index (χ1n) is 5.56. The third kappa shape index (κ3) is 3.31. The molecule has 1 saturated heterocycles. The van der Waals surface area contributed by atoms with Crippen molar-refractivity contribution in [3.8, 4) is 0 Å². The van der Waals surface area contributed by atoms with Gasteiger partial charge in [-0.1, -0.05) is 0 Å². The van der Waals surface area contributed by atoms with Gasteiger partial charge in [0, 0.05) is 24.5 Å². The molecule has 8 heteroatoms. The number of ether oxygens (including phenoxy) is 1. The molecule has 7 nitrogen and oxygen atoms in total. The number of pyridine rings is 1. The second kappa shape index (κ2) is 5.98. The number of hydrogen-bond donors (Lipinski definition) is 2. The molecule has 98 valence electrons. The average molecular weight is 270 g/mol. The molecule has 1 aliphatic heterocycles. The Morgan fingerprint density at radius 1 is 1.50 bits per heavy atom. The van der Waals surface area contributed by atoms with Gasteiger partial charge in [-0.05, 0) is 12.8 Å². The molecule has 2 heterocycles. The molecule has 3 N–H and O–H groups in total. The average Bonchev–Trinajstić information content (AvgIpc) is 2.39. The Kier molecular flexibility index (Phi) is 4.34. The van der Waals surface area contributed by atoms with Crippen molar-refractivity contribution in [3.05, 3.63) is 22.2 Å². The summed E-state index contributed by atoms with van der Waals surface area (Å²) in [5.74, 6) is 5.56. The molecule has 1 aliphatic rings. The van der Waals surface area contributed by atoms with Crippen molar-refractivity contribution in [1.82, 2.24) is 4.98 Å². The van der Waals surface area contributed by atoms with Crippen LogP contribution < -0.4 is 11.3 Å². The van der Waals surface area contributed by atoms with Crippen LogP contribution in [0.4, 0.5) is 11.5 Å². The Balaban J connectivity index is 2.15. The second-order valence-corrected chi connectivity index (χ2v) is 5.20. The summed E-state index contributed by atoms with van der Waals surface area (Å²) < 4.78 is 5.27. The highest BCUT2D eigenvalue weighted by atomic mass is 32.2. The zero-order chi connectivity index (χ0) is 13.0. The molecule has 0 saturated carbocycles. The van der Waals surface area contributed by atoms with Crippen LogP contribution in [-0.2, 0) is 4.74 Å². The number of hydrogen-bond acceptors (Lipinski definition) is 7. The van der Waals surface area contributed by atoms with Gasteiger partial charge >= 0.3 is 0 Å². The van der Waals surface area contributed by atoms with E-state index in [4.69, 9.17) is 10.6 Å². The van der Waals surface area contributed by atoms with Crippen LogP contribution in [0.1, 0.15) is 12.8 Å². The molecule has 0 unspecified atom stereocenters. The van der Waals surface area contributed by atoms with E-state index in [-0.39, 0.29) is 5.69 Å². The molecule has 0 aromatic carbocycles. The zero-order valence-electron chi connectivity index (χ0n) is 9.67. The minimum atomic E-state index is -0.448. The molecule has 2 rings (SSSR count). The highest BCUT2D eigenvalue weighted by Gasteiger charge is 2.18. The number of aromatic nitrogens is 1. The van der Waals surface area contributed by atoms with Gasteiger partial charge in [0.15, 0.2) is 0 Å². The van der Waals surface area contributed by atoms with Gasteiger partial charge < -0.3 is 10.2 Å². The van der Waals surface area contributed by atoms with E-state index in [0.717, 1.165) is 26.1 Å². The molecule has 18 heavy (non-hydrogen) atoms. The molecule has 1 aromatic heterocycles. The van der Waals surface area contributed by atoms with Crippen LogP contribution in [0.15, 0.2) is 17.2 Å². The van der Waals surface area contributed by atoms with Crippen molar-refractivity contribution in [2.45, 2.75) is 23.1 Å². The Morgan fingerprint density at radius 3 is 2.83 bits per heavy atom. The number of nitrogens with one attached hydrogen (secondary N) is 1. The summed E-state index contributed by atoms with van der Waals surface area (Å²) in [5.41, 5.74) is 2.34. The molecule has 0 bridgehead atoms. The van der Waals surface area contributed by atoms with E-state index in [1.54, 1.807) is 0 Å².